The van der Waals surface area contributed by atoms with Crippen molar-refractivity contribution in [3.63, 3.8) is 0 Å². The Kier molecular flexibility index (Phi) is 14.1. The molecule has 1 atom stereocenters. The highest BCUT2D eigenvalue weighted by Crippen LogP contribution is 2.47. The van der Waals surface area contributed by atoms with Gasteiger partial charge >= 0.3 is 0 Å². The van der Waals surface area contributed by atoms with Crippen molar-refractivity contribution in [2.24, 2.45) is 11.8 Å². The zero-order chi connectivity index (χ0) is 42.1. The Bertz CT molecular complexity index is 2160. The highest BCUT2D eigenvalue weighted by Gasteiger charge is 2.36. The molecule has 6 aliphatic rings. The number of carbonyl (C=O) groups excluding carboxylic acids is 2. The van der Waals surface area contributed by atoms with Gasteiger partial charge in [-0.1, -0.05) is 17.7 Å². The van der Waals surface area contributed by atoms with Gasteiger partial charge in [-0.3, -0.25) is 9.59 Å². The lowest BCUT2D eigenvalue weighted by Crippen LogP contribution is -2.44. The number of alkyl halides is 2. The number of ether oxygens (including phenoxy) is 2. The summed E-state index contributed by atoms with van der Waals surface area (Å²) in [5.74, 6) is -2.24. The number of Topliss-reactive ketones (excluding diaryl/α,β-unsaturated/α-hetero) is 2. The van der Waals surface area contributed by atoms with Gasteiger partial charge in [0.2, 0.25) is 20.0 Å². The molecule has 0 amide bonds. The summed E-state index contributed by atoms with van der Waals surface area (Å²) in [7, 11) is -7.36. The zero-order valence-electron chi connectivity index (χ0n) is 32.9. The summed E-state index contributed by atoms with van der Waals surface area (Å²) in [6.45, 7) is 2.62. The Hall–Kier alpha value is -2.33. The van der Waals surface area contributed by atoms with Crippen LogP contribution >= 0.6 is 34.8 Å². The van der Waals surface area contributed by atoms with Gasteiger partial charge in [0.15, 0.2) is 11.6 Å². The van der Waals surface area contributed by atoms with Gasteiger partial charge in [-0.15, -0.1) is 23.2 Å². The SMILES string of the molecule is O=C(CS(=O)(=O)N1CCC1)c1cc(C2CC2)c(OCC2CC=C(Cl)CC2)cc1F.O=C(CS(=O)(=O)N1CCC1)c1cc(C2CC2)c(OCC2CCC(Cl)(Cl)CC2)cc1F. The van der Waals surface area contributed by atoms with Gasteiger partial charge in [-0.05, 0) is 130 Å². The van der Waals surface area contributed by atoms with Crippen LogP contribution in [0.4, 0.5) is 8.78 Å². The number of sulfonamides is 2. The third-order valence-electron chi connectivity index (χ3n) is 12.1. The first-order chi connectivity index (χ1) is 28.0. The standard InChI is InChI=1S/C21H26Cl2FNO4S.C21H25ClFNO4S/c22-21(23)6-4-14(5-7-21)12-29-20-11-18(24)17(10-16(20)15-2-3-15)19(26)13-30(27,28)25-8-1-9-25;22-16-6-2-14(3-7-16)12-28-21-11-19(23)18(10-17(21)15-4-5-15)20(25)13-29(26,27)24-8-1-9-24/h10-11,14-15H,1-9,12-13H2;6,10-11,14-15H,1-5,7-9,12-13H2. The Morgan fingerprint density at radius 2 is 1.12 bits per heavy atom. The van der Waals surface area contributed by atoms with Crippen LogP contribution in [0.2, 0.25) is 0 Å². The highest BCUT2D eigenvalue weighted by molar-refractivity contribution is 7.90. The molecule has 0 spiro atoms. The maximum Gasteiger partial charge on any atom is 0.221 e. The normalized spacial score (nSPS) is 22.6. The fourth-order valence-corrected chi connectivity index (χ4v) is 11.3. The molecular weight excluding hydrogens is 869 g/mol. The van der Waals surface area contributed by atoms with E-state index in [1.165, 1.54) is 32.9 Å². The maximum absolute atomic E-state index is 14.8. The van der Waals surface area contributed by atoms with E-state index < -0.39 is 59.1 Å². The Morgan fingerprint density at radius 1 is 0.678 bits per heavy atom. The average Bonchev–Trinajstić information content (AvgIpc) is 4.04. The van der Waals surface area contributed by atoms with Crippen molar-refractivity contribution in [2.45, 2.75) is 99.6 Å². The summed E-state index contributed by atoms with van der Waals surface area (Å²) in [6, 6.07) is 5.50. The smallest absolute Gasteiger partial charge is 0.221 e. The summed E-state index contributed by atoms with van der Waals surface area (Å²) in [4.78, 5) is 25.1. The van der Waals surface area contributed by atoms with Gasteiger partial charge in [-0.2, -0.15) is 0 Å². The summed E-state index contributed by atoms with van der Waals surface area (Å²) >= 11 is 18.4. The molecule has 324 valence electrons. The van der Waals surface area contributed by atoms with E-state index in [1.54, 1.807) is 0 Å². The molecule has 0 bridgehead atoms. The van der Waals surface area contributed by atoms with Crippen molar-refractivity contribution in [1.82, 2.24) is 8.61 Å². The fraction of sp³-hybridized carbons (Fsp3) is 0.619. The van der Waals surface area contributed by atoms with E-state index in [1.807, 2.05) is 6.08 Å². The van der Waals surface area contributed by atoms with E-state index in [0.29, 0.717) is 75.6 Å². The number of nitrogens with zero attached hydrogens (tertiary/aromatic N) is 2. The minimum absolute atomic E-state index is 0.157. The Labute approximate surface area is 361 Å². The topological polar surface area (TPSA) is 127 Å². The first-order valence-corrected chi connectivity index (χ1v) is 25.0. The number of halogens is 5. The van der Waals surface area contributed by atoms with Crippen LogP contribution in [0, 0.1) is 23.5 Å². The van der Waals surface area contributed by atoms with Crippen molar-refractivity contribution < 1.29 is 44.7 Å². The van der Waals surface area contributed by atoms with Crippen LogP contribution in [-0.2, 0) is 20.0 Å². The van der Waals surface area contributed by atoms with E-state index in [0.717, 1.165) is 86.8 Å². The van der Waals surface area contributed by atoms with Crippen molar-refractivity contribution >= 4 is 66.4 Å². The number of ketones is 2. The summed E-state index contributed by atoms with van der Waals surface area (Å²) < 4.78 is 92.3. The zero-order valence-corrected chi connectivity index (χ0v) is 36.8. The van der Waals surface area contributed by atoms with Gasteiger partial charge in [-0.25, -0.2) is 34.2 Å². The van der Waals surface area contributed by atoms with Crippen LogP contribution in [0.25, 0.3) is 0 Å². The number of carbonyl (C=O) groups is 2. The minimum Gasteiger partial charge on any atom is -0.493 e. The maximum atomic E-state index is 14.8. The van der Waals surface area contributed by atoms with E-state index in [2.05, 4.69) is 0 Å². The van der Waals surface area contributed by atoms with Crippen molar-refractivity contribution in [1.29, 1.82) is 0 Å². The van der Waals surface area contributed by atoms with Crippen LogP contribution < -0.4 is 9.47 Å². The van der Waals surface area contributed by atoms with Gasteiger partial charge in [0.05, 0.1) is 24.3 Å². The molecule has 2 saturated heterocycles. The minimum atomic E-state index is -3.69. The third kappa shape index (κ3) is 11.6. The van der Waals surface area contributed by atoms with Crippen LogP contribution in [0.15, 0.2) is 35.4 Å². The third-order valence-corrected chi connectivity index (χ3v) is 16.8. The molecule has 10 nitrogen and oxygen atoms in total. The van der Waals surface area contributed by atoms with Gasteiger partial charge in [0.25, 0.3) is 0 Å². The Balaban J connectivity index is 0.000000179. The van der Waals surface area contributed by atoms with Crippen LogP contribution in [-0.4, -0.2) is 92.2 Å². The summed E-state index contributed by atoms with van der Waals surface area (Å²) in [5.41, 5.74) is 1.28. The van der Waals surface area contributed by atoms with E-state index in [-0.39, 0.29) is 23.0 Å². The average molecular weight is 920 g/mol. The number of benzene rings is 2. The van der Waals surface area contributed by atoms with Crippen LogP contribution in [0.1, 0.15) is 127 Å². The Morgan fingerprint density at radius 3 is 1.49 bits per heavy atom. The lowest BCUT2D eigenvalue weighted by atomic mass is 9.89. The molecule has 5 fully saturated rings. The molecule has 2 aromatic carbocycles. The predicted octanol–water partition coefficient (Wildman–Crippen LogP) is 8.89. The summed E-state index contributed by atoms with van der Waals surface area (Å²) in [6.07, 6.45) is 13.1. The van der Waals surface area contributed by atoms with E-state index in [4.69, 9.17) is 44.3 Å². The number of hydrogen-bond donors (Lipinski definition) is 0. The molecule has 1 unspecified atom stereocenters. The first kappa shape index (κ1) is 44.7. The first-order valence-electron chi connectivity index (χ1n) is 20.6. The molecule has 3 saturated carbocycles. The molecule has 0 radical (unpaired) electrons. The molecule has 59 heavy (non-hydrogen) atoms. The van der Waals surface area contributed by atoms with Crippen molar-refractivity contribution in [3.05, 3.63) is 69.3 Å². The molecule has 0 N–H and O–H groups in total. The lowest BCUT2D eigenvalue weighted by molar-refractivity contribution is 0.100. The highest BCUT2D eigenvalue weighted by atomic mass is 35.5. The second-order valence-electron chi connectivity index (χ2n) is 16.9. The van der Waals surface area contributed by atoms with Gasteiger partial charge < -0.3 is 9.47 Å². The van der Waals surface area contributed by atoms with Gasteiger partial charge in [0.1, 0.15) is 39.0 Å². The van der Waals surface area contributed by atoms with E-state index >= 15 is 0 Å². The largest absolute Gasteiger partial charge is 0.493 e. The fourth-order valence-electron chi connectivity index (χ4n) is 7.74. The van der Waals surface area contributed by atoms with E-state index in [9.17, 15) is 35.2 Å². The molecule has 2 aromatic rings. The van der Waals surface area contributed by atoms with Crippen LogP contribution in [0.3, 0.4) is 0 Å². The molecule has 2 heterocycles. The summed E-state index contributed by atoms with van der Waals surface area (Å²) in [5, 5.41) is 0.877. The molecule has 0 aromatic heterocycles. The molecule has 4 aliphatic carbocycles. The molecule has 2 aliphatic heterocycles. The lowest BCUT2D eigenvalue weighted by Gasteiger charge is -2.30. The van der Waals surface area contributed by atoms with Crippen LogP contribution in [0.5, 0.6) is 11.5 Å². The number of hydrogen-bond acceptors (Lipinski definition) is 8. The second-order valence-corrected chi connectivity index (χ2v) is 22.9. The molecule has 17 heteroatoms. The number of allylic oxidation sites excluding steroid dienone is 2. The van der Waals surface area contributed by atoms with Gasteiger partial charge in [0, 0.05) is 43.3 Å². The quantitative estimate of drug-likeness (QED) is 0.121. The monoisotopic (exact) mass is 918 g/mol. The molecule has 8 rings (SSSR count). The number of rotatable bonds is 16. The molecular formula is C42H51Cl3F2N2O8S2. The van der Waals surface area contributed by atoms with Crippen molar-refractivity contribution in [3.8, 4) is 11.5 Å². The second kappa shape index (κ2) is 18.6. The predicted molar refractivity (Wildman–Crippen MR) is 224 cm³/mol. The van der Waals surface area contributed by atoms with Crippen molar-refractivity contribution in [2.75, 3.05) is 50.9 Å².